The Bertz CT molecular complexity index is 112. The van der Waals surface area contributed by atoms with Gasteiger partial charge in [-0.15, -0.1) is 0 Å². The van der Waals surface area contributed by atoms with Gasteiger partial charge in [-0.05, 0) is 32.9 Å². The molecule has 0 amide bonds. The molecule has 0 aliphatic heterocycles. The molecule has 0 bridgehead atoms. The molecule has 0 N–H and O–H groups in total. The van der Waals surface area contributed by atoms with E-state index in [4.69, 9.17) is 4.74 Å². The lowest BCUT2D eigenvalue weighted by Crippen LogP contribution is -1.86. The maximum absolute atomic E-state index is 5.21. The van der Waals surface area contributed by atoms with Crippen LogP contribution in [0.1, 0.15) is 20.8 Å². The summed E-state index contributed by atoms with van der Waals surface area (Å²) in [7, 11) is 0. The molecule has 0 rings (SSSR count). The Morgan fingerprint density at radius 1 is 1.44 bits per heavy atom. The zero-order valence-corrected chi connectivity index (χ0v) is 6.35. The van der Waals surface area contributed by atoms with Crippen LogP contribution in [0, 0.1) is 0 Å². The first-order valence-electron chi connectivity index (χ1n) is 3.27. The Balaban J connectivity index is 3.70. The number of allylic oxidation sites excluding steroid dienone is 3. The van der Waals surface area contributed by atoms with Crippen LogP contribution in [0.4, 0.5) is 0 Å². The first-order valence-corrected chi connectivity index (χ1v) is 3.27. The van der Waals surface area contributed by atoms with Crippen LogP contribution in [-0.4, -0.2) is 6.61 Å². The number of ether oxygens (including phenoxy) is 1. The van der Waals surface area contributed by atoms with Crippen LogP contribution < -0.4 is 0 Å². The third-order valence-electron chi connectivity index (χ3n) is 0.926. The van der Waals surface area contributed by atoms with E-state index in [1.54, 1.807) is 0 Å². The fourth-order valence-electron chi connectivity index (χ4n) is 0.559. The molecule has 0 unspecified atom stereocenters. The van der Waals surface area contributed by atoms with Gasteiger partial charge in [0, 0.05) is 0 Å². The van der Waals surface area contributed by atoms with E-state index >= 15 is 0 Å². The van der Waals surface area contributed by atoms with Crippen molar-refractivity contribution in [2.75, 3.05) is 6.61 Å². The topological polar surface area (TPSA) is 9.23 Å². The number of hydrogen-bond acceptors (Lipinski definition) is 1. The Morgan fingerprint density at radius 2 is 2.11 bits per heavy atom. The summed E-state index contributed by atoms with van der Waals surface area (Å²) in [5.74, 6) is 0.944. The second-order valence-electron chi connectivity index (χ2n) is 1.62. The van der Waals surface area contributed by atoms with Gasteiger partial charge < -0.3 is 4.74 Å². The Kier molecular flexibility index (Phi) is 4.98. The summed E-state index contributed by atoms with van der Waals surface area (Å²) in [4.78, 5) is 0. The summed E-state index contributed by atoms with van der Waals surface area (Å²) in [5.41, 5.74) is 0. The Hall–Kier alpha value is -0.720. The lowest BCUT2D eigenvalue weighted by Gasteiger charge is -2.00. The quantitative estimate of drug-likeness (QED) is 0.417. The van der Waals surface area contributed by atoms with Crippen molar-refractivity contribution in [3.05, 3.63) is 24.0 Å². The summed E-state index contributed by atoms with van der Waals surface area (Å²) in [5, 5.41) is 0. The van der Waals surface area contributed by atoms with Crippen LogP contribution in [0.5, 0.6) is 0 Å². The minimum atomic E-state index is 0.740. The molecule has 1 nitrogen and oxygen atoms in total. The highest BCUT2D eigenvalue weighted by atomic mass is 16.5. The summed E-state index contributed by atoms with van der Waals surface area (Å²) < 4.78 is 5.21. The van der Waals surface area contributed by atoms with E-state index in [0.717, 1.165) is 12.4 Å². The third kappa shape index (κ3) is 3.83. The first-order chi connectivity index (χ1) is 4.35. The molecular weight excluding hydrogens is 112 g/mol. The van der Waals surface area contributed by atoms with E-state index in [0.29, 0.717) is 0 Å². The van der Waals surface area contributed by atoms with Gasteiger partial charge in [-0.25, -0.2) is 0 Å². The molecule has 1 heteroatoms. The molecule has 52 valence electrons. The van der Waals surface area contributed by atoms with Crippen LogP contribution in [0.3, 0.4) is 0 Å². The van der Waals surface area contributed by atoms with Crippen LogP contribution in [0.2, 0.25) is 0 Å². The molecule has 0 heterocycles. The van der Waals surface area contributed by atoms with Crippen molar-refractivity contribution < 1.29 is 4.74 Å². The van der Waals surface area contributed by atoms with Gasteiger partial charge in [-0.2, -0.15) is 0 Å². The maximum Gasteiger partial charge on any atom is 0.114 e. The van der Waals surface area contributed by atoms with Crippen molar-refractivity contribution in [1.29, 1.82) is 0 Å². The zero-order valence-electron chi connectivity index (χ0n) is 6.35. The molecule has 0 saturated carbocycles. The highest BCUT2D eigenvalue weighted by Crippen LogP contribution is 1.97. The van der Waals surface area contributed by atoms with Crippen LogP contribution in [0.15, 0.2) is 24.0 Å². The van der Waals surface area contributed by atoms with Gasteiger partial charge >= 0.3 is 0 Å². The second kappa shape index (κ2) is 5.42. The molecule has 9 heavy (non-hydrogen) atoms. The lowest BCUT2D eigenvalue weighted by molar-refractivity contribution is 0.242. The average Bonchev–Trinajstić information content (AvgIpc) is 1.88. The van der Waals surface area contributed by atoms with Gasteiger partial charge in [0.05, 0.1) is 6.61 Å². The first kappa shape index (κ1) is 8.28. The van der Waals surface area contributed by atoms with E-state index in [1.165, 1.54) is 0 Å². The Morgan fingerprint density at radius 3 is 2.44 bits per heavy atom. The fraction of sp³-hybridized carbons (Fsp3) is 0.500. The monoisotopic (exact) mass is 126 g/mol. The van der Waals surface area contributed by atoms with Crippen LogP contribution >= 0.6 is 0 Å². The number of rotatable bonds is 3. The predicted molar refractivity (Wildman–Crippen MR) is 40.2 cm³/mol. The molecule has 0 aromatic rings. The summed E-state index contributed by atoms with van der Waals surface area (Å²) in [6.45, 7) is 6.66. The van der Waals surface area contributed by atoms with Crippen molar-refractivity contribution in [1.82, 2.24) is 0 Å². The molecule has 0 aromatic heterocycles. The second-order valence-corrected chi connectivity index (χ2v) is 1.62. The van der Waals surface area contributed by atoms with Gasteiger partial charge in [0.1, 0.15) is 5.76 Å². The van der Waals surface area contributed by atoms with E-state index in [2.05, 4.69) is 0 Å². The van der Waals surface area contributed by atoms with Gasteiger partial charge in [0.15, 0.2) is 0 Å². The van der Waals surface area contributed by atoms with Crippen molar-refractivity contribution in [2.45, 2.75) is 20.8 Å². The Labute approximate surface area is 57.0 Å². The minimum absolute atomic E-state index is 0.740. The normalized spacial score (nSPS) is 12.6. The maximum atomic E-state index is 5.21. The molecular formula is C8H14O. The molecule has 0 aliphatic rings. The van der Waals surface area contributed by atoms with Gasteiger partial charge in [-0.1, -0.05) is 6.08 Å². The fourth-order valence-corrected chi connectivity index (χ4v) is 0.559. The van der Waals surface area contributed by atoms with E-state index in [9.17, 15) is 0 Å². The molecule has 0 saturated heterocycles. The zero-order chi connectivity index (χ0) is 7.11. The highest BCUT2D eigenvalue weighted by molar-refractivity contribution is 5.09. The largest absolute Gasteiger partial charge is 0.494 e. The third-order valence-corrected chi connectivity index (χ3v) is 0.926. The molecule has 0 spiro atoms. The summed E-state index contributed by atoms with van der Waals surface area (Å²) >= 11 is 0. The standard InChI is InChI=1S/C8H14O/c1-4-7-8(5-2)9-6-3/h4-5,7H,6H2,1-3H3. The van der Waals surface area contributed by atoms with Crippen molar-refractivity contribution >= 4 is 0 Å². The lowest BCUT2D eigenvalue weighted by atomic mass is 10.4. The molecule has 0 fully saturated rings. The van der Waals surface area contributed by atoms with Crippen molar-refractivity contribution in [3.8, 4) is 0 Å². The van der Waals surface area contributed by atoms with Crippen molar-refractivity contribution in [3.63, 3.8) is 0 Å². The van der Waals surface area contributed by atoms with Gasteiger partial charge in [0.2, 0.25) is 0 Å². The van der Waals surface area contributed by atoms with Crippen molar-refractivity contribution in [2.24, 2.45) is 0 Å². The van der Waals surface area contributed by atoms with Crippen LogP contribution in [0.25, 0.3) is 0 Å². The van der Waals surface area contributed by atoms with E-state index < -0.39 is 0 Å². The van der Waals surface area contributed by atoms with Gasteiger partial charge in [-0.3, -0.25) is 0 Å². The highest BCUT2D eigenvalue weighted by Gasteiger charge is 1.83. The molecule has 0 atom stereocenters. The van der Waals surface area contributed by atoms with E-state index in [1.807, 2.05) is 39.0 Å². The van der Waals surface area contributed by atoms with E-state index in [-0.39, 0.29) is 0 Å². The smallest absolute Gasteiger partial charge is 0.114 e. The molecule has 0 radical (unpaired) electrons. The summed E-state index contributed by atoms with van der Waals surface area (Å²) in [6, 6.07) is 0. The summed E-state index contributed by atoms with van der Waals surface area (Å²) in [6.07, 6.45) is 5.86. The molecule has 0 aliphatic carbocycles. The van der Waals surface area contributed by atoms with Crippen LogP contribution in [-0.2, 0) is 4.74 Å². The minimum Gasteiger partial charge on any atom is -0.494 e. The number of hydrogen-bond donors (Lipinski definition) is 0. The molecule has 0 aromatic carbocycles. The average molecular weight is 126 g/mol. The SMILES string of the molecule is CC=CC(=CC)OCC. The van der Waals surface area contributed by atoms with Gasteiger partial charge in [0.25, 0.3) is 0 Å². The predicted octanol–water partition coefficient (Wildman–Crippen LogP) is 2.50.